The Balaban J connectivity index is 0.00000176. The number of fused-ring (bicyclic) bond motifs is 1. The summed E-state index contributed by atoms with van der Waals surface area (Å²) in [7, 11) is 1.54. The van der Waals surface area contributed by atoms with Gasteiger partial charge in [0.2, 0.25) is 5.91 Å². The van der Waals surface area contributed by atoms with Crippen LogP contribution < -0.4 is 15.4 Å². The number of rotatable bonds is 3. The average molecular weight is 350 g/mol. The molecule has 0 spiro atoms. The van der Waals surface area contributed by atoms with Crippen molar-refractivity contribution >= 4 is 45.0 Å². The Morgan fingerprint density at radius 3 is 2.95 bits per heavy atom. The molecule has 3 rings (SSSR count). The molecule has 1 aromatic heterocycles. The minimum absolute atomic E-state index is 0. The largest absolute Gasteiger partial charge is 0.494 e. The van der Waals surface area contributed by atoms with Crippen LogP contribution in [0.4, 0.5) is 13.9 Å². The number of ether oxygens (including phenoxy) is 1. The maximum absolute atomic E-state index is 13.1. The summed E-state index contributed by atoms with van der Waals surface area (Å²) in [6, 6.07) is 4.55. The highest BCUT2D eigenvalue weighted by Gasteiger charge is 2.42. The Hall–Kier alpha value is -1.51. The molecule has 2 N–H and O–H groups in total. The van der Waals surface area contributed by atoms with E-state index in [9.17, 15) is 13.6 Å². The molecule has 1 aliphatic rings. The second kappa shape index (κ2) is 6.31. The lowest BCUT2D eigenvalue weighted by Gasteiger charge is -2.08. The molecule has 9 heteroatoms. The van der Waals surface area contributed by atoms with E-state index in [1.807, 2.05) is 12.1 Å². The lowest BCUT2D eigenvalue weighted by Crippen LogP contribution is -2.35. The first kappa shape index (κ1) is 16.9. The third kappa shape index (κ3) is 3.29. The third-order valence-electron chi connectivity index (χ3n) is 3.26. The fourth-order valence-corrected chi connectivity index (χ4v) is 3.12. The van der Waals surface area contributed by atoms with Crippen LogP contribution in [0.5, 0.6) is 5.75 Å². The van der Waals surface area contributed by atoms with E-state index in [1.54, 1.807) is 6.07 Å². The van der Waals surface area contributed by atoms with Crippen LogP contribution in [0.25, 0.3) is 10.2 Å². The van der Waals surface area contributed by atoms with Gasteiger partial charge in [0, 0.05) is 6.42 Å². The molecular weight excluding hydrogens is 336 g/mol. The lowest BCUT2D eigenvalue weighted by molar-refractivity contribution is -0.118. The molecule has 120 valence electrons. The number of methoxy groups -OCH3 is 1. The molecule has 22 heavy (non-hydrogen) atoms. The van der Waals surface area contributed by atoms with Gasteiger partial charge in [-0.1, -0.05) is 17.4 Å². The predicted octanol–water partition coefficient (Wildman–Crippen LogP) is 2.66. The first-order valence-electron chi connectivity index (χ1n) is 6.34. The number of thiazole rings is 1. The number of carbonyl (C=O) groups is 1. The van der Waals surface area contributed by atoms with Crippen LogP contribution >= 0.6 is 23.7 Å². The van der Waals surface area contributed by atoms with Gasteiger partial charge in [-0.25, -0.2) is 13.8 Å². The molecule has 2 aromatic rings. The molecule has 0 radical (unpaired) electrons. The Morgan fingerprint density at radius 2 is 2.32 bits per heavy atom. The monoisotopic (exact) mass is 349 g/mol. The van der Waals surface area contributed by atoms with Gasteiger partial charge in [-0.3, -0.25) is 10.1 Å². The number of carbonyl (C=O) groups excluding carboxylic acids is 1. The minimum Gasteiger partial charge on any atom is -0.494 e. The summed E-state index contributed by atoms with van der Waals surface area (Å²) in [6.07, 6.45) is -0.493. The van der Waals surface area contributed by atoms with E-state index in [0.29, 0.717) is 16.4 Å². The van der Waals surface area contributed by atoms with Crippen molar-refractivity contribution < 1.29 is 18.3 Å². The van der Waals surface area contributed by atoms with Crippen molar-refractivity contribution in [3.05, 3.63) is 18.2 Å². The van der Waals surface area contributed by atoms with Crippen LogP contribution in [-0.4, -0.2) is 36.5 Å². The topological polar surface area (TPSA) is 63.2 Å². The first-order chi connectivity index (χ1) is 9.98. The Bertz CT molecular complexity index is 695. The molecule has 2 heterocycles. The van der Waals surface area contributed by atoms with Crippen molar-refractivity contribution in [1.82, 2.24) is 10.3 Å². The molecule has 1 atom stereocenters. The van der Waals surface area contributed by atoms with E-state index >= 15 is 0 Å². The summed E-state index contributed by atoms with van der Waals surface area (Å²) >= 11 is 1.28. The van der Waals surface area contributed by atoms with E-state index in [4.69, 9.17) is 4.74 Å². The highest BCUT2D eigenvalue weighted by molar-refractivity contribution is 7.22. The fourth-order valence-electron chi connectivity index (χ4n) is 2.23. The number of hydrogen-bond acceptors (Lipinski definition) is 5. The average Bonchev–Trinajstić information content (AvgIpc) is 3.00. The van der Waals surface area contributed by atoms with Crippen LogP contribution in [0.1, 0.15) is 6.42 Å². The van der Waals surface area contributed by atoms with Gasteiger partial charge in [0.05, 0.1) is 24.4 Å². The van der Waals surface area contributed by atoms with Crippen LogP contribution in [0.3, 0.4) is 0 Å². The van der Waals surface area contributed by atoms with Crippen molar-refractivity contribution in [2.24, 2.45) is 0 Å². The summed E-state index contributed by atoms with van der Waals surface area (Å²) in [6.45, 7) is -0.473. The predicted molar refractivity (Wildman–Crippen MR) is 83.4 cm³/mol. The number of anilines is 1. The fraction of sp³-hybridized carbons (Fsp3) is 0.385. The van der Waals surface area contributed by atoms with Gasteiger partial charge in [-0.2, -0.15) is 0 Å². The van der Waals surface area contributed by atoms with Gasteiger partial charge in [0.25, 0.3) is 5.92 Å². The zero-order valence-corrected chi connectivity index (χ0v) is 13.2. The van der Waals surface area contributed by atoms with Gasteiger partial charge in [0.1, 0.15) is 11.3 Å². The van der Waals surface area contributed by atoms with Gasteiger partial charge in [-0.05, 0) is 12.1 Å². The van der Waals surface area contributed by atoms with E-state index in [1.165, 1.54) is 18.4 Å². The molecule has 0 saturated carbocycles. The van der Waals surface area contributed by atoms with Gasteiger partial charge in [0.15, 0.2) is 5.13 Å². The molecular formula is C13H14ClF2N3O2S. The number of aromatic nitrogens is 1. The van der Waals surface area contributed by atoms with Crippen LogP contribution in [0.15, 0.2) is 18.2 Å². The summed E-state index contributed by atoms with van der Waals surface area (Å²) in [5.41, 5.74) is 0.644. The number of benzene rings is 1. The molecule has 0 aliphatic carbocycles. The standard InChI is InChI=1S/C13H13F2N3O2S.ClH/c1-20-8-3-2-4-9-10(8)17-12(21-9)18-11(19)7-5-13(14,15)6-16-7;/h2-4,7,16H,5-6H2,1H3,(H,17,18,19);1H. The van der Waals surface area contributed by atoms with Crippen LogP contribution in [-0.2, 0) is 4.79 Å². The van der Waals surface area contributed by atoms with E-state index in [0.717, 1.165) is 4.70 Å². The third-order valence-corrected chi connectivity index (χ3v) is 4.19. The van der Waals surface area contributed by atoms with Crippen molar-refractivity contribution in [3.63, 3.8) is 0 Å². The number of nitrogens with one attached hydrogen (secondary N) is 2. The Morgan fingerprint density at radius 1 is 1.55 bits per heavy atom. The van der Waals surface area contributed by atoms with Gasteiger partial charge < -0.3 is 10.1 Å². The van der Waals surface area contributed by atoms with Crippen molar-refractivity contribution in [2.75, 3.05) is 19.0 Å². The Labute approximate surface area is 135 Å². The van der Waals surface area contributed by atoms with Crippen LogP contribution in [0.2, 0.25) is 0 Å². The molecule has 1 fully saturated rings. The quantitative estimate of drug-likeness (QED) is 0.894. The second-order valence-corrected chi connectivity index (χ2v) is 5.84. The molecule has 0 bridgehead atoms. The molecule has 1 aliphatic heterocycles. The zero-order valence-electron chi connectivity index (χ0n) is 11.6. The van der Waals surface area contributed by atoms with Crippen molar-refractivity contribution in [2.45, 2.75) is 18.4 Å². The van der Waals surface area contributed by atoms with Crippen LogP contribution in [0, 0.1) is 0 Å². The molecule has 1 unspecified atom stereocenters. The highest BCUT2D eigenvalue weighted by Crippen LogP contribution is 2.32. The van der Waals surface area contributed by atoms with Gasteiger partial charge in [-0.15, -0.1) is 12.4 Å². The SMILES string of the molecule is COc1cccc2sc(NC(=O)C3CC(F)(F)CN3)nc12.Cl. The number of hydrogen-bond donors (Lipinski definition) is 2. The van der Waals surface area contributed by atoms with Gasteiger partial charge >= 0.3 is 0 Å². The first-order valence-corrected chi connectivity index (χ1v) is 7.16. The number of nitrogens with zero attached hydrogens (tertiary/aromatic N) is 1. The maximum Gasteiger partial charge on any atom is 0.262 e. The maximum atomic E-state index is 13.1. The molecule has 1 amide bonds. The van der Waals surface area contributed by atoms with E-state index in [2.05, 4.69) is 15.6 Å². The highest BCUT2D eigenvalue weighted by atomic mass is 35.5. The second-order valence-electron chi connectivity index (χ2n) is 4.81. The summed E-state index contributed by atoms with van der Waals surface area (Å²) in [5.74, 6) is -2.72. The van der Waals surface area contributed by atoms with Crippen molar-refractivity contribution in [3.8, 4) is 5.75 Å². The van der Waals surface area contributed by atoms with E-state index in [-0.39, 0.29) is 12.4 Å². The summed E-state index contributed by atoms with van der Waals surface area (Å²) in [4.78, 5) is 16.2. The summed E-state index contributed by atoms with van der Waals surface area (Å²) < 4.78 is 32.2. The smallest absolute Gasteiger partial charge is 0.262 e. The lowest BCUT2D eigenvalue weighted by atomic mass is 10.2. The zero-order chi connectivity index (χ0) is 15.0. The molecule has 5 nitrogen and oxygen atoms in total. The normalized spacial score (nSPS) is 19.7. The molecule has 1 aromatic carbocycles. The number of alkyl halides is 2. The molecule has 1 saturated heterocycles. The number of amides is 1. The minimum atomic E-state index is -2.83. The Kier molecular flexibility index (Phi) is 4.84. The van der Waals surface area contributed by atoms with E-state index < -0.39 is 30.8 Å². The van der Waals surface area contributed by atoms with Crippen molar-refractivity contribution in [1.29, 1.82) is 0 Å². The number of halogens is 3. The summed E-state index contributed by atoms with van der Waals surface area (Å²) in [5, 5.41) is 5.46. The number of para-hydroxylation sites is 1.